The third-order valence-electron chi connectivity index (χ3n) is 9.66. The summed E-state index contributed by atoms with van der Waals surface area (Å²) in [5.74, 6) is -1.12. The number of unbranched alkanes of at least 4 members (excludes halogenated alkanes) is 10. The highest BCUT2D eigenvalue weighted by Gasteiger charge is 2.19. The maximum absolute atomic E-state index is 12.8. The lowest BCUT2D eigenvalue weighted by Crippen LogP contribution is -2.30. The predicted molar refractivity (Wildman–Crippen MR) is 283 cm³/mol. The van der Waals surface area contributed by atoms with Crippen LogP contribution < -0.4 is 0 Å². The Balaban J connectivity index is 4.67. The molecule has 0 spiro atoms. The molecule has 0 rings (SSSR count). The fourth-order valence-corrected chi connectivity index (χ4v) is 5.93. The number of carbonyl (C=O) groups is 3. The molecule has 0 saturated heterocycles. The van der Waals surface area contributed by atoms with Crippen molar-refractivity contribution in [2.45, 2.75) is 175 Å². The number of esters is 3. The van der Waals surface area contributed by atoms with Crippen LogP contribution in [-0.4, -0.2) is 37.2 Å². The summed E-state index contributed by atoms with van der Waals surface area (Å²) >= 11 is 0. The Bertz CT molecular complexity index is 1600. The van der Waals surface area contributed by atoms with Gasteiger partial charge in [-0.3, -0.25) is 14.4 Å². The lowest BCUT2D eigenvalue weighted by Gasteiger charge is -2.18. The number of carbonyl (C=O) groups excluding carboxylic acids is 3. The van der Waals surface area contributed by atoms with Crippen LogP contribution in [0.2, 0.25) is 0 Å². The van der Waals surface area contributed by atoms with Gasteiger partial charge in [-0.1, -0.05) is 223 Å². The number of hydrogen-bond acceptors (Lipinski definition) is 6. The zero-order valence-corrected chi connectivity index (χ0v) is 41.4. The Morgan fingerprint density at radius 2 is 0.682 bits per heavy atom. The van der Waals surface area contributed by atoms with Crippen LogP contribution in [0, 0.1) is 0 Å². The van der Waals surface area contributed by atoms with E-state index in [4.69, 9.17) is 14.2 Å². The van der Waals surface area contributed by atoms with Crippen molar-refractivity contribution in [3.63, 3.8) is 0 Å². The molecular weight excluding hydrogens is 817 g/mol. The van der Waals surface area contributed by atoms with Gasteiger partial charge in [0, 0.05) is 19.3 Å². The van der Waals surface area contributed by atoms with Gasteiger partial charge in [0.25, 0.3) is 0 Å². The van der Waals surface area contributed by atoms with Gasteiger partial charge in [0.05, 0.1) is 0 Å². The van der Waals surface area contributed by atoms with Crippen LogP contribution in [0.1, 0.15) is 168 Å². The van der Waals surface area contributed by atoms with Crippen molar-refractivity contribution in [2.75, 3.05) is 13.2 Å². The van der Waals surface area contributed by atoms with Crippen molar-refractivity contribution in [3.8, 4) is 0 Å². The van der Waals surface area contributed by atoms with Crippen LogP contribution in [0.3, 0.4) is 0 Å². The van der Waals surface area contributed by atoms with E-state index in [1.165, 1.54) is 19.3 Å². The van der Waals surface area contributed by atoms with E-state index in [1.807, 2.05) is 54.7 Å². The summed E-state index contributed by atoms with van der Waals surface area (Å²) in [6.45, 7) is 6.17. The molecule has 1 atom stereocenters. The van der Waals surface area contributed by atoms with Gasteiger partial charge >= 0.3 is 17.9 Å². The Hall–Kier alpha value is -5.23. The minimum absolute atomic E-state index is 0.145. The standard InChI is InChI=1S/C60H88O6/c1-4-7-10-13-16-19-22-25-27-29-31-32-35-38-41-44-47-50-53-59(62)65-56-57(55-64-58(61)52-49-46-43-40-37-34-24-21-18-15-12-9-6-3)66-60(63)54-51-48-45-42-39-36-33-30-28-26-23-20-17-14-11-8-5-2/h8-9,11-12,15-22,24-29,31-34,36-37,40,42-43,45,57H,4-7,10,13-14,23,30,35,38-39,41,44,46-56H2,1-3H3/b11-8-,12-9-,18-15-,19-16-,20-17-,24-21-,25-22-,28-26-,29-27-,32-31-,36-33-,37-34-,43-40-,45-42-. The van der Waals surface area contributed by atoms with E-state index in [9.17, 15) is 14.4 Å². The van der Waals surface area contributed by atoms with Crippen LogP contribution in [0.4, 0.5) is 0 Å². The zero-order valence-electron chi connectivity index (χ0n) is 41.4. The molecular formula is C60H88O6. The predicted octanol–water partition coefficient (Wildman–Crippen LogP) is 16.8. The minimum atomic E-state index is -0.856. The number of rotatable bonds is 42. The van der Waals surface area contributed by atoms with Gasteiger partial charge in [0.1, 0.15) is 13.2 Å². The van der Waals surface area contributed by atoms with E-state index in [0.29, 0.717) is 19.3 Å². The van der Waals surface area contributed by atoms with Crippen LogP contribution in [0.15, 0.2) is 170 Å². The van der Waals surface area contributed by atoms with Crippen molar-refractivity contribution in [1.82, 2.24) is 0 Å². The second-order valence-corrected chi connectivity index (χ2v) is 15.8. The molecule has 0 N–H and O–H groups in total. The molecule has 0 aliphatic heterocycles. The molecule has 6 heteroatoms. The number of hydrogen-bond donors (Lipinski definition) is 0. The molecule has 0 bridgehead atoms. The third kappa shape index (κ3) is 49.8. The molecule has 0 amide bonds. The molecule has 0 radical (unpaired) electrons. The largest absolute Gasteiger partial charge is 0.462 e. The second-order valence-electron chi connectivity index (χ2n) is 15.8. The lowest BCUT2D eigenvalue weighted by atomic mass is 10.1. The van der Waals surface area contributed by atoms with Gasteiger partial charge in [0.15, 0.2) is 6.10 Å². The monoisotopic (exact) mass is 905 g/mol. The van der Waals surface area contributed by atoms with E-state index in [2.05, 4.69) is 136 Å². The molecule has 364 valence electrons. The first-order valence-electron chi connectivity index (χ1n) is 25.3. The average molecular weight is 905 g/mol. The van der Waals surface area contributed by atoms with E-state index in [1.54, 1.807) is 0 Å². The van der Waals surface area contributed by atoms with Gasteiger partial charge in [-0.05, 0) is 96.3 Å². The summed E-state index contributed by atoms with van der Waals surface area (Å²) in [4.78, 5) is 37.9. The molecule has 6 nitrogen and oxygen atoms in total. The van der Waals surface area contributed by atoms with Crippen molar-refractivity contribution in [1.29, 1.82) is 0 Å². The minimum Gasteiger partial charge on any atom is -0.462 e. The first-order chi connectivity index (χ1) is 32.5. The van der Waals surface area contributed by atoms with Gasteiger partial charge < -0.3 is 14.2 Å². The Labute approximate surface area is 402 Å². The summed E-state index contributed by atoms with van der Waals surface area (Å²) in [7, 11) is 0. The highest BCUT2D eigenvalue weighted by molar-refractivity contribution is 5.71. The van der Waals surface area contributed by atoms with E-state index >= 15 is 0 Å². The third-order valence-corrected chi connectivity index (χ3v) is 9.66. The lowest BCUT2D eigenvalue weighted by molar-refractivity contribution is -0.167. The first kappa shape index (κ1) is 60.8. The highest BCUT2D eigenvalue weighted by atomic mass is 16.6. The quantitative estimate of drug-likeness (QED) is 0.0200. The Morgan fingerprint density at radius 1 is 0.333 bits per heavy atom. The van der Waals surface area contributed by atoms with Crippen LogP contribution in [-0.2, 0) is 28.6 Å². The first-order valence-corrected chi connectivity index (χ1v) is 25.3. The van der Waals surface area contributed by atoms with Gasteiger partial charge in [-0.15, -0.1) is 0 Å². The van der Waals surface area contributed by atoms with Crippen LogP contribution >= 0.6 is 0 Å². The molecule has 66 heavy (non-hydrogen) atoms. The fourth-order valence-electron chi connectivity index (χ4n) is 5.93. The summed E-state index contributed by atoms with van der Waals surface area (Å²) in [6.07, 6.45) is 77.7. The number of allylic oxidation sites excluding steroid dienone is 28. The summed E-state index contributed by atoms with van der Waals surface area (Å²) in [5, 5.41) is 0. The smallest absolute Gasteiger partial charge is 0.306 e. The molecule has 0 aromatic carbocycles. The average Bonchev–Trinajstić information content (AvgIpc) is 3.31. The van der Waals surface area contributed by atoms with Crippen molar-refractivity contribution < 1.29 is 28.6 Å². The van der Waals surface area contributed by atoms with Crippen LogP contribution in [0.25, 0.3) is 0 Å². The highest BCUT2D eigenvalue weighted by Crippen LogP contribution is 2.11. The number of ether oxygens (including phenoxy) is 3. The van der Waals surface area contributed by atoms with Crippen molar-refractivity contribution in [3.05, 3.63) is 170 Å². The molecule has 1 unspecified atom stereocenters. The molecule has 0 heterocycles. The van der Waals surface area contributed by atoms with Crippen LogP contribution in [0.5, 0.6) is 0 Å². The van der Waals surface area contributed by atoms with Gasteiger partial charge in [-0.2, -0.15) is 0 Å². The van der Waals surface area contributed by atoms with Gasteiger partial charge in [0.2, 0.25) is 0 Å². The maximum atomic E-state index is 12.8. The Morgan fingerprint density at radius 3 is 1.17 bits per heavy atom. The topological polar surface area (TPSA) is 78.9 Å². The molecule has 0 aliphatic rings. The van der Waals surface area contributed by atoms with E-state index < -0.39 is 12.1 Å². The SMILES string of the molecule is CC\C=C/C=C\C=C/C=C\C=C/CCCC(=O)OCC(COC(=O)CCCCCCC\C=C/C=C\C=C/C=C\CCCCC)OC(=O)CCC/C=C\C/C=C\C/C=C\C/C=C\C/C=C\CC. The fraction of sp³-hybridized carbons (Fsp3) is 0.483. The molecule has 0 fully saturated rings. The van der Waals surface area contributed by atoms with E-state index in [0.717, 1.165) is 96.3 Å². The second kappa shape index (κ2) is 52.4. The summed E-state index contributed by atoms with van der Waals surface area (Å²) in [5.41, 5.74) is 0. The molecule has 0 aromatic heterocycles. The van der Waals surface area contributed by atoms with Crippen molar-refractivity contribution in [2.24, 2.45) is 0 Å². The zero-order chi connectivity index (χ0) is 47.9. The molecule has 0 aromatic rings. The Kier molecular flexibility index (Phi) is 48.2. The summed E-state index contributed by atoms with van der Waals surface area (Å²) in [6, 6.07) is 0. The van der Waals surface area contributed by atoms with E-state index in [-0.39, 0.29) is 38.0 Å². The molecule has 0 saturated carbocycles. The van der Waals surface area contributed by atoms with Crippen molar-refractivity contribution >= 4 is 17.9 Å². The maximum Gasteiger partial charge on any atom is 0.306 e. The summed E-state index contributed by atoms with van der Waals surface area (Å²) < 4.78 is 16.6. The van der Waals surface area contributed by atoms with Gasteiger partial charge in [-0.25, -0.2) is 0 Å². The molecule has 0 aliphatic carbocycles. The normalized spacial score (nSPS) is 13.6.